The number of aromatic carboxylic acids is 1. The summed E-state index contributed by atoms with van der Waals surface area (Å²) in [6.07, 6.45) is 3.85. The van der Waals surface area contributed by atoms with E-state index in [9.17, 15) is 9.59 Å². The maximum atomic E-state index is 11.5. The summed E-state index contributed by atoms with van der Waals surface area (Å²) in [5.41, 5.74) is 1.51. The second-order valence-corrected chi connectivity index (χ2v) is 10.1. The number of ether oxygens (including phenoxy) is 1. The predicted octanol–water partition coefficient (Wildman–Crippen LogP) is 4.85. The molecule has 0 aliphatic heterocycles. The number of carboxylic acids is 1. The molecule has 10 nitrogen and oxygen atoms in total. The van der Waals surface area contributed by atoms with Crippen molar-refractivity contribution in [3.05, 3.63) is 77.6 Å². The van der Waals surface area contributed by atoms with Crippen molar-refractivity contribution < 1.29 is 19.4 Å². The number of carbonyl (C=O) groups excluding carboxylic acids is 1. The van der Waals surface area contributed by atoms with Gasteiger partial charge in [-0.15, -0.1) is 22.7 Å². The van der Waals surface area contributed by atoms with Gasteiger partial charge in [0.15, 0.2) is 0 Å². The van der Waals surface area contributed by atoms with E-state index in [4.69, 9.17) is 33.0 Å². The minimum absolute atomic E-state index is 0.219. The number of halogens is 2. The normalized spacial score (nSPS) is 10.5. The molecule has 0 saturated heterocycles. The van der Waals surface area contributed by atoms with Crippen LogP contribution in [0.1, 0.15) is 59.3 Å². The zero-order valence-electron chi connectivity index (χ0n) is 19.4. The summed E-state index contributed by atoms with van der Waals surface area (Å²) >= 11 is 14.1. The van der Waals surface area contributed by atoms with E-state index in [1.54, 1.807) is 32.9 Å². The minimum Gasteiger partial charge on any atom is -0.477 e. The molecule has 0 aromatic carbocycles. The van der Waals surface area contributed by atoms with Crippen LogP contribution in [-0.4, -0.2) is 53.6 Å². The lowest BCUT2D eigenvalue weighted by molar-refractivity contribution is 0.0531. The van der Waals surface area contributed by atoms with Gasteiger partial charge in [0.1, 0.15) is 31.7 Å². The van der Waals surface area contributed by atoms with E-state index in [1.807, 2.05) is 0 Å². The second-order valence-electron chi connectivity index (χ2n) is 7.07. The first-order valence-electron chi connectivity index (χ1n) is 10.4. The molecule has 36 heavy (non-hydrogen) atoms. The molecule has 0 radical (unpaired) electrons. The van der Waals surface area contributed by atoms with Crippen LogP contribution in [0.3, 0.4) is 0 Å². The molecule has 0 amide bonds. The van der Waals surface area contributed by atoms with E-state index in [2.05, 4.69) is 29.9 Å². The van der Waals surface area contributed by atoms with Crippen LogP contribution >= 0.6 is 45.9 Å². The number of hydrogen-bond acceptors (Lipinski definition) is 11. The van der Waals surface area contributed by atoms with Gasteiger partial charge in [0.05, 0.1) is 40.4 Å². The minimum atomic E-state index is -0.967. The van der Waals surface area contributed by atoms with Crippen molar-refractivity contribution in [3.8, 4) is 0 Å². The Morgan fingerprint density at radius 1 is 0.861 bits per heavy atom. The Labute approximate surface area is 224 Å². The van der Waals surface area contributed by atoms with Gasteiger partial charge in [0, 0.05) is 12.8 Å². The lowest BCUT2D eigenvalue weighted by atomic mass is 10.3. The lowest BCUT2D eigenvalue weighted by Gasteiger charge is -2.00. The van der Waals surface area contributed by atoms with E-state index >= 15 is 0 Å². The predicted molar refractivity (Wildman–Crippen MR) is 136 cm³/mol. The molecule has 188 valence electrons. The van der Waals surface area contributed by atoms with Crippen molar-refractivity contribution in [2.75, 3.05) is 6.61 Å². The monoisotopic (exact) mass is 566 g/mol. The summed E-state index contributed by atoms with van der Waals surface area (Å²) in [5.74, 6) is -0.110. The van der Waals surface area contributed by atoms with Gasteiger partial charge >= 0.3 is 11.9 Å². The fourth-order valence-electron chi connectivity index (χ4n) is 2.85. The van der Waals surface area contributed by atoms with Crippen LogP contribution in [0.2, 0.25) is 10.3 Å². The van der Waals surface area contributed by atoms with Crippen LogP contribution in [0, 0.1) is 13.8 Å². The average Bonchev–Trinajstić information content (AvgIpc) is 3.43. The fourth-order valence-corrected chi connectivity index (χ4v) is 4.94. The van der Waals surface area contributed by atoms with Crippen molar-refractivity contribution >= 4 is 57.8 Å². The summed E-state index contributed by atoms with van der Waals surface area (Å²) in [6, 6.07) is 3.34. The largest absolute Gasteiger partial charge is 0.477 e. The maximum absolute atomic E-state index is 11.5. The number of aryl methyl sites for hydroxylation is 2. The topological polar surface area (TPSA) is 141 Å². The molecule has 0 aliphatic rings. The van der Waals surface area contributed by atoms with Crippen molar-refractivity contribution in [3.63, 3.8) is 0 Å². The van der Waals surface area contributed by atoms with E-state index in [0.29, 0.717) is 51.3 Å². The van der Waals surface area contributed by atoms with Crippen LogP contribution in [0.25, 0.3) is 0 Å². The molecule has 0 bridgehead atoms. The number of carbonyl (C=O) groups is 2. The average molecular weight is 567 g/mol. The molecule has 0 aliphatic carbocycles. The molecule has 1 N–H and O–H groups in total. The molecule has 0 fully saturated rings. The highest BCUT2D eigenvalue weighted by atomic mass is 35.5. The third kappa shape index (κ3) is 8.26. The first-order valence-corrected chi connectivity index (χ1v) is 12.8. The van der Waals surface area contributed by atoms with Crippen LogP contribution in [0.4, 0.5) is 0 Å². The highest BCUT2D eigenvalue weighted by molar-refractivity contribution is 7.13. The molecule has 0 unspecified atom stereocenters. The fraction of sp³-hybridized carbons (Fsp3) is 0.273. The Morgan fingerprint density at radius 2 is 1.33 bits per heavy atom. The molecule has 0 spiro atoms. The van der Waals surface area contributed by atoms with E-state index in [-0.39, 0.29) is 10.8 Å². The van der Waals surface area contributed by atoms with E-state index in [1.165, 1.54) is 23.7 Å². The number of nitrogens with zero attached hydrogens (tertiary/aromatic N) is 6. The van der Waals surface area contributed by atoms with E-state index in [0.717, 1.165) is 27.7 Å². The summed E-state index contributed by atoms with van der Waals surface area (Å²) in [5, 5.41) is 11.0. The first kappa shape index (κ1) is 27.5. The van der Waals surface area contributed by atoms with Crippen LogP contribution in [0.15, 0.2) is 24.5 Å². The molecule has 4 aromatic heterocycles. The van der Waals surface area contributed by atoms with E-state index < -0.39 is 5.97 Å². The van der Waals surface area contributed by atoms with Crippen molar-refractivity contribution in [2.24, 2.45) is 0 Å². The Kier molecular flexibility index (Phi) is 9.76. The molecule has 14 heteroatoms. The summed E-state index contributed by atoms with van der Waals surface area (Å²) in [4.78, 5) is 47.6. The number of esters is 1. The molecule has 4 aromatic rings. The maximum Gasteiger partial charge on any atom is 0.349 e. The van der Waals surface area contributed by atoms with Crippen LogP contribution in [0.5, 0.6) is 0 Å². The molecule has 4 rings (SSSR count). The van der Waals surface area contributed by atoms with Crippen molar-refractivity contribution in [1.29, 1.82) is 0 Å². The zero-order valence-corrected chi connectivity index (χ0v) is 22.5. The zero-order chi connectivity index (χ0) is 26.2. The van der Waals surface area contributed by atoms with Gasteiger partial charge in [-0.25, -0.2) is 39.5 Å². The third-order valence-electron chi connectivity index (χ3n) is 4.18. The molecular weight excluding hydrogens is 547 g/mol. The number of hydrogen-bond donors (Lipinski definition) is 1. The van der Waals surface area contributed by atoms with Crippen molar-refractivity contribution in [1.82, 2.24) is 29.9 Å². The molecule has 0 saturated carbocycles. The highest BCUT2D eigenvalue weighted by Crippen LogP contribution is 2.19. The van der Waals surface area contributed by atoms with Gasteiger partial charge in [-0.3, -0.25) is 0 Å². The SMILES string of the molecule is CCOC(=O)c1cnc(Cc2cc(Cl)nc(C)n2)s1.Cc1nc(Cl)cc(Cc2ncc(C(=O)O)s2)n1. The Morgan fingerprint density at radius 3 is 1.75 bits per heavy atom. The van der Waals surface area contributed by atoms with Gasteiger partial charge in [0.2, 0.25) is 0 Å². The van der Waals surface area contributed by atoms with Gasteiger partial charge < -0.3 is 9.84 Å². The summed E-state index contributed by atoms with van der Waals surface area (Å²) in [6.45, 7) is 5.65. The van der Waals surface area contributed by atoms with Crippen LogP contribution < -0.4 is 0 Å². The Bertz CT molecular complexity index is 1340. The number of thiazole rings is 2. The number of aromatic nitrogens is 6. The van der Waals surface area contributed by atoms with Crippen LogP contribution in [-0.2, 0) is 17.6 Å². The highest BCUT2D eigenvalue weighted by Gasteiger charge is 2.13. The second kappa shape index (κ2) is 12.8. The lowest BCUT2D eigenvalue weighted by Crippen LogP contribution is -2.01. The van der Waals surface area contributed by atoms with Gasteiger partial charge in [-0.05, 0) is 32.9 Å². The Hall–Kier alpha value is -3.06. The van der Waals surface area contributed by atoms with Gasteiger partial charge in [-0.1, -0.05) is 23.2 Å². The van der Waals surface area contributed by atoms with Gasteiger partial charge in [-0.2, -0.15) is 0 Å². The molecular formula is C22H20Cl2N6O4S2. The summed E-state index contributed by atoms with van der Waals surface area (Å²) < 4.78 is 4.91. The number of carboxylic acid groups (broad SMARTS) is 1. The Balaban J connectivity index is 0.000000202. The molecule has 4 heterocycles. The summed E-state index contributed by atoms with van der Waals surface area (Å²) in [7, 11) is 0. The molecule has 0 atom stereocenters. The van der Waals surface area contributed by atoms with Gasteiger partial charge in [0.25, 0.3) is 0 Å². The smallest absolute Gasteiger partial charge is 0.349 e. The quantitative estimate of drug-likeness (QED) is 0.243. The standard InChI is InChI=1S/C12H12ClN3O2S.C10H8ClN3O2S/c1-3-18-12(17)9-6-14-11(19-9)5-8-4-10(13)16-7(2)15-8;1-5-13-6(2-8(11)14-5)3-9-12-4-7(17-9)10(15)16/h4,6H,3,5H2,1-2H3;2,4H,3H2,1H3,(H,15,16). The number of rotatable bonds is 7. The third-order valence-corrected chi connectivity index (χ3v) is 6.53. The van der Waals surface area contributed by atoms with Crippen molar-refractivity contribution in [2.45, 2.75) is 33.6 Å². The first-order chi connectivity index (χ1) is 17.1.